The zero-order valence-electron chi connectivity index (χ0n) is 27.3. The number of aliphatic carboxylic acids is 1. The Kier molecular flexibility index (Phi) is 202. The fraction of sp³-hybridized carbons (Fsp3) is 0.825. The van der Waals surface area contributed by atoms with E-state index in [0.717, 1.165) is 52.0 Å². The number of hydrogen-bond donors (Lipinski definition) is 3. The lowest BCUT2D eigenvalue weighted by atomic mass is 10.0. The molecule has 0 bridgehead atoms. The normalized spacial score (nSPS) is 7.46. The SMILES string of the molecule is C.C.C.C.C.C.C.C.C.C.C.CC.CC.CC.CC(=O)O.CCc1nccs1.CCc1nccs1.[B]N(CCNC)CNCC(CC)CCC. The van der Waals surface area contributed by atoms with Crippen LogP contribution in [0.25, 0.3) is 0 Å². The number of carboxylic acids is 1. The maximum atomic E-state index is 9.00. The highest BCUT2D eigenvalue weighted by Gasteiger charge is 2.04. The smallest absolute Gasteiger partial charge is 0.300 e. The fourth-order valence-electron chi connectivity index (χ4n) is 2.46. The van der Waals surface area contributed by atoms with Crippen LogP contribution in [0.4, 0.5) is 0 Å². The summed E-state index contributed by atoms with van der Waals surface area (Å²) in [5.41, 5.74) is 0. The first-order chi connectivity index (χ1) is 18.8. The second-order valence-corrected chi connectivity index (χ2v) is 9.13. The Hall–Kier alpha value is -1.33. The van der Waals surface area contributed by atoms with Crippen LogP contribution in [0.3, 0.4) is 0 Å². The third-order valence-corrected chi connectivity index (χ3v) is 6.09. The predicted octanol–water partition coefficient (Wildman–Crippen LogP) is 14.5. The molecular formula is C40H106BN5O2S2. The summed E-state index contributed by atoms with van der Waals surface area (Å²) in [4.78, 5) is 18.9. The van der Waals surface area contributed by atoms with Crippen LogP contribution in [0.15, 0.2) is 23.2 Å². The highest BCUT2D eigenvalue weighted by Crippen LogP contribution is 2.08. The Morgan fingerprint density at radius 3 is 1.32 bits per heavy atom. The molecule has 10 heteroatoms. The van der Waals surface area contributed by atoms with E-state index in [1.165, 1.54) is 29.3 Å². The van der Waals surface area contributed by atoms with E-state index in [-0.39, 0.29) is 81.7 Å². The van der Waals surface area contributed by atoms with Crippen molar-refractivity contribution >= 4 is 36.6 Å². The fourth-order valence-corrected chi connectivity index (χ4v) is 3.60. The van der Waals surface area contributed by atoms with E-state index in [9.17, 15) is 0 Å². The molecule has 0 aliphatic heterocycles. The second-order valence-electron chi connectivity index (χ2n) is 7.17. The summed E-state index contributed by atoms with van der Waals surface area (Å²) >= 11 is 3.42. The van der Waals surface area contributed by atoms with Gasteiger partial charge in [-0.15, -0.1) is 22.7 Å². The number of aryl methyl sites for hydroxylation is 2. The largest absolute Gasteiger partial charge is 0.481 e. The first-order valence-electron chi connectivity index (χ1n) is 14.6. The average molecular weight is 764 g/mol. The van der Waals surface area contributed by atoms with Crippen molar-refractivity contribution in [3.63, 3.8) is 0 Å². The number of likely N-dealkylation sites (N-methyl/N-ethyl adjacent to an activating group) is 1. The molecule has 2 heterocycles. The molecule has 2 aromatic rings. The van der Waals surface area contributed by atoms with Crippen molar-refractivity contribution in [1.82, 2.24) is 25.4 Å². The van der Waals surface area contributed by atoms with Crippen LogP contribution in [0.2, 0.25) is 0 Å². The van der Waals surface area contributed by atoms with Gasteiger partial charge in [-0.3, -0.25) is 4.79 Å². The standard InChI is InChI=1S/C11H26BN3.2C5H7NS.C2H4O2.3C2H6.11CH4/c1-4-6-11(5-2)9-14-10-15(12)8-7-13-3;2*1-2-5-6-3-4-7-5;1-2(3)4;3*1-2;;;;;;;;;;;/h11,13-14H,4-10H2,1-3H3;2*3-4H,2H2,1H3;1H3,(H,3,4);3*1-2H3;11*1H4. The topological polar surface area (TPSA) is 90.4 Å². The number of aromatic nitrogens is 2. The third kappa shape index (κ3) is 97.1. The number of nitrogens with zero attached hydrogens (tertiary/aromatic N) is 3. The van der Waals surface area contributed by atoms with Gasteiger partial charge in [0.25, 0.3) is 5.97 Å². The van der Waals surface area contributed by atoms with E-state index in [4.69, 9.17) is 17.9 Å². The molecule has 1 atom stereocenters. The molecule has 2 rings (SSSR count). The Bertz CT molecular complexity index is 599. The minimum atomic E-state index is -0.833. The Morgan fingerprint density at radius 1 is 0.780 bits per heavy atom. The summed E-state index contributed by atoms with van der Waals surface area (Å²) in [6.45, 7) is 25.5. The summed E-state index contributed by atoms with van der Waals surface area (Å²) in [7, 11) is 7.73. The molecule has 2 radical (unpaired) electrons. The van der Waals surface area contributed by atoms with Gasteiger partial charge in [-0.25, -0.2) is 9.97 Å². The maximum absolute atomic E-state index is 9.00. The van der Waals surface area contributed by atoms with Crippen LogP contribution < -0.4 is 10.6 Å². The lowest BCUT2D eigenvalue weighted by Crippen LogP contribution is -2.38. The molecule has 0 aliphatic rings. The molecule has 0 spiro atoms. The molecule has 2 aromatic heterocycles. The predicted molar refractivity (Wildman–Crippen MR) is 252 cm³/mol. The molecule has 7 nitrogen and oxygen atoms in total. The number of hydrogen-bond acceptors (Lipinski definition) is 8. The van der Waals surface area contributed by atoms with Crippen LogP contribution in [0.5, 0.6) is 0 Å². The Morgan fingerprint density at radius 2 is 1.12 bits per heavy atom. The zero-order chi connectivity index (χ0) is 31.3. The molecule has 0 saturated carbocycles. The summed E-state index contributed by atoms with van der Waals surface area (Å²) < 4.78 is 0. The maximum Gasteiger partial charge on any atom is 0.300 e. The number of carbonyl (C=O) groups is 1. The molecule has 318 valence electrons. The van der Waals surface area contributed by atoms with Gasteiger partial charge in [0.15, 0.2) is 7.98 Å². The molecule has 0 saturated heterocycles. The van der Waals surface area contributed by atoms with Crippen LogP contribution in [0.1, 0.15) is 187 Å². The zero-order valence-corrected chi connectivity index (χ0v) is 29.0. The van der Waals surface area contributed by atoms with Gasteiger partial charge >= 0.3 is 0 Å². The molecule has 0 aromatic carbocycles. The third-order valence-electron chi connectivity index (χ3n) is 4.24. The molecule has 0 amide bonds. The molecule has 3 N–H and O–H groups in total. The van der Waals surface area contributed by atoms with E-state index in [2.05, 4.69) is 48.3 Å². The van der Waals surface area contributed by atoms with E-state index < -0.39 is 5.97 Å². The van der Waals surface area contributed by atoms with E-state index in [1.54, 1.807) is 22.7 Å². The van der Waals surface area contributed by atoms with Gasteiger partial charge in [0.1, 0.15) is 0 Å². The van der Waals surface area contributed by atoms with Gasteiger partial charge < -0.3 is 20.6 Å². The molecule has 0 aliphatic carbocycles. The van der Waals surface area contributed by atoms with E-state index in [1.807, 2.05) is 76.6 Å². The average Bonchev–Trinajstić information content (AvgIpc) is 3.70. The van der Waals surface area contributed by atoms with Crippen molar-refractivity contribution in [3.05, 3.63) is 33.2 Å². The quantitative estimate of drug-likeness (QED) is 0.146. The molecular weight excluding hydrogens is 657 g/mol. The number of rotatable bonds is 12. The van der Waals surface area contributed by atoms with Gasteiger partial charge in [-0.05, 0) is 45.3 Å². The first kappa shape index (κ1) is 104. The lowest BCUT2D eigenvalue weighted by molar-refractivity contribution is -0.134. The van der Waals surface area contributed by atoms with Crippen LogP contribution in [0, 0.1) is 5.92 Å². The first-order valence-corrected chi connectivity index (χ1v) is 16.4. The van der Waals surface area contributed by atoms with Crippen molar-refractivity contribution in [1.29, 1.82) is 0 Å². The monoisotopic (exact) mass is 764 g/mol. The summed E-state index contributed by atoms with van der Waals surface area (Å²) in [6.07, 6.45) is 9.64. The minimum absolute atomic E-state index is 0. The van der Waals surface area contributed by atoms with Gasteiger partial charge in [0.05, 0.1) is 10.0 Å². The molecule has 0 fully saturated rings. The second kappa shape index (κ2) is 97.3. The van der Waals surface area contributed by atoms with E-state index in [0.29, 0.717) is 0 Å². The molecule has 50 heavy (non-hydrogen) atoms. The van der Waals surface area contributed by atoms with Crippen molar-refractivity contribution in [2.45, 2.75) is 190 Å². The highest BCUT2D eigenvalue weighted by molar-refractivity contribution is 7.09. The van der Waals surface area contributed by atoms with Gasteiger partial charge in [-0.1, -0.05) is 164 Å². The van der Waals surface area contributed by atoms with Crippen LogP contribution >= 0.6 is 22.7 Å². The van der Waals surface area contributed by atoms with Crippen molar-refractivity contribution in [2.75, 3.05) is 33.4 Å². The van der Waals surface area contributed by atoms with Crippen LogP contribution in [-0.2, 0) is 17.6 Å². The van der Waals surface area contributed by atoms with Crippen molar-refractivity contribution in [2.24, 2.45) is 5.92 Å². The summed E-state index contributed by atoms with van der Waals surface area (Å²) in [5.74, 6) is -0.0345. The summed E-state index contributed by atoms with van der Waals surface area (Å²) in [6, 6.07) is 0. The number of carboxylic acid groups (broad SMARTS) is 1. The Labute approximate surface area is 333 Å². The number of thiazole rings is 2. The van der Waals surface area contributed by atoms with Gasteiger partial charge in [-0.2, -0.15) is 0 Å². The Balaban J connectivity index is -0.0000000207. The van der Waals surface area contributed by atoms with Gasteiger partial charge in [0, 0.05) is 43.3 Å². The lowest BCUT2D eigenvalue weighted by Gasteiger charge is -2.20. The highest BCUT2D eigenvalue weighted by atomic mass is 32.1. The number of nitrogens with one attached hydrogen (secondary N) is 2. The molecule has 1 unspecified atom stereocenters. The van der Waals surface area contributed by atoms with Gasteiger partial charge in [0.2, 0.25) is 0 Å². The van der Waals surface area contributed by atoms with Crippen LogP contribution in [-0.4, -0.2) is 67.2 Å². The van der Waals surface area contributed by atoms with Crippen molar-refractivity contribution < 1.29 is 9.90 Å². The van der Waals surface area contributed by atoms with Crippen molar-refractivity contribution in [3.8, 4) is 0 Å². The summed E-state index contributed by atoms with van der Waals surface area (Å²) in [5, 5.41) is 20.3. The minimum Gasteiger partial charge on any atom is -0.481 e. The van der Waals surface area contributed by atoms with E-state index >= 15 is 0 Å².